The van der Waals surface area contributed by atoms with E-state index in [2.05, 4.69) is 19.9 Å². The molecule has 0 bridgehead atoms. The van der Waals surface area contributed by atoms with Crippen molar-refractivity contribution in [2.75, 3.05) is 0 Å². The van der Waals surface area contributed by atoms with Crippen molar-refractivity contribution in [3.63, 3.8) is 0 Å². The van der Waals surface area contributed by atoms with Crippen molar-refractivity contribution in [1.29, 1.82) is 0 Å². The van der Waals surface area contributed by atoms with Gasteiger partial charge in [-0.2, -0.15) is 0 Å². The van der Waals surface area contributed by atoms with Crippen LogP contribution in [-0.2, 0) is 11.8 Å². The summed E-state index contributed by atoms with van der Waals surface area (Å²) in [6.07, 6.45) is 1.01. The minimum atomic E-state index is -0.502. The molecule has 0 atom stereocenters. The van der Waals surface area contributed by atoms with E-state index < -0.39 is 5.41 Å². The first-order valence-electron chi connectivity index (χ1n) is 7.60. The van der Waals surface area contributed by atoms with Gasteiger partial charge in [0.2, 0.25) is 0 Å². The van der Waals surface area contributed by atoms with Gasteiger partial charge in [-0.15, -0.1) is 0 Å². The van der Waals surface area contributed by atoms with Crippen LogP contribution in [0.4, 0.5) is 0 Å². The summed E-state index contributed by atoms with van der Waals surface area (Å²) in [4.78, 5) is 12.9. The first-order valence-corrected chi connectivity index (χ1v) is 7.60. The summed E-state index contributed by atoms with van der Waals surface area (Å²) in [6.45, 7) is 8.39. The Morgan fingerprint density at radius 2 is 1.67 bits per heavy atom. The smallest absolute Gasteiger partial charge is 0.172 e. The van der Waals surface area contributed by atoms with Gasteiger partial charge >= 0.3 is 0 Å². The van der Waals surface area contributed by atoms with E-state index >= 15 is 0 Å². The van der Waals surface area contributed by atoms with Crippen LogP contribution in [0.2, 0.25) is 0 Å². The monoisotopic (exact) mass is 280 g/mol. The van der Waals surface area contributed by atoms with Crippen molar-refractivity contribution in [1.82, 2.24) is 0 Å². The zero-order valence-corrected chi connectivity index (χ0v) is 13.4. The molecule has 0 aliphatic heterocycles. The van der Waals surface area contributed by atoms with Gasteiger partial charge < -0.3 is 0 Å². The molecular weight excluding hydrogens is 256 g/mol. The number of rotatable bonds is 5. The van der Waals surface area contributed by atoms with Crippen LogP contribution in [-0.4, -0.2) is 5.78 Å². The summed E-state index contributed by atoms with van der Waals surface area (Å²) in [5.41, 5.74) is 2.60. The predicted molar refractivity (Wildman–Crippen MR) is 88.8 cm³/mol. The lowest BCUT2D eigenvalue weighted by molar-refractivity contribution is 0.0908. The maximum absolute atomic E-state index is 12.9. The fraction of sp³-hybridized carbons (Fsp3) is 0.350. The van der Waals surface area contributed by atoms with E-state index in [-0.39, 0.29) is 5.78 Å². The van der Waals surface area contributed by atoms with Crippen molar-refractivity contribution >= 4 is 5.78 Å². The lowest BCUT2D eigenvalue weighted by Gasteiger charge is -2.24. The minimum Gasteiger partial charge on any atom is -0.293 e. The zero-order valence-electron chi connectivity index (χ0n) is 13.4. The largest absolute Gasteiger partial charge is 0.293 e. The zero-order chi connectivity index (χ0) is 15.5. The first kappa shape index (κ1) is 15.5. The Bertz CT molecular complexity index is 609. The molecule has 110 valence electrons. The third kappa shape index (κ3) is 3.60. The predicted octanol–water partition coefficient (Wildman–Crippen LogP) is 5.05. The van der Waals surface area contributed by atoms with Crippen molar-refractivity contribution in [2.24, 2.45) is 5.92 Å². The highest BCUT2D eigenvalue weighted by atomic mass is 16.1. The van der Waals surface area contributed by atoms with Crippen molar-refractivity contribution in [2.45, 2.75) is 39.5 Å². The maximum Gasteiger partial charge on any atom is 0.172 e. The Morgan fingerprint density at radius 3 is 2.29 bits per heavy atom. The molecule has 0 spiro atoms. The Balaban J connectivity index is 2.31. The van der Waals surface area contributed by atoms with E-state index in [0.717, 1.165) is 17.5 Å². The summed E-state index contributed by atoms with van der Waals surface area (Å²) in [5.74, 6) is 0.775. The molecule has 0 aliphatic carbocycles. The summed E-state index contributed by atoms with van der Waals surface area (Å²) < 4.78 is 0. The SMILES string of the molecule is CC(C)Cc1cccc(C(=O)C(C)(C)c2ccccc2)c1. The van der Waals surface area contributed by atoms with Gasteiger partial charge in [-0.05, 0) is 43.4 Å². The second kappa shape index (κ2) is 6.26. The van der Waals surface area contributed by atoms with E-state index in [1.54, 1.807) is 0 Å². The lowest BCUT2D eigenvalue weighted by atomic mass is 9.78. The molecule has 0 amide bonds. The van der Waals surface area contributed by atoms with Gasteiger partial charge in [0.05, 0.1) is 5.41 Å². The molecule has 2 rings (SSSR count). The summed E-state index contributed by atoms with van der Waals surface area (Å²) in [6, 6.07) is 18.1. The Morgan fingerprint density at radius 1 is 1.00 bits per heavy atom. The molecule has 0 heterocycles. The number of hydrogen-bond donors (Lipinski definition) is 0. The highest BCUT2D eigenvalue weighted by Gasteiger charge is 2.30. The molecule has 0 saturated heterocycles. The third-order valence-electron chi connectivity index (χ3n) is 3.90. The lowest BCUT2D eigenvalue weighted by Crippen LogP contribution is -2.29. The van der Waals surface area contributed by atoms with Crippen molar-refractivity contribution in [3.05, 3.63) is 71.3 Å². The van der Waals surface area contributed by atoms with Crippen LogP contribution in [0.5, 0.6) is 0 Å². The van der Waals surface area contributed by atoms with Gasteiger partial charge in [0.25, 0.3) is 0 Å². The molecule has 0 saturated carbocycles. The highest BCUT2D eigenvalue weighted by Crippen LogP contribution is 2.28. The molecule has 0 fully saturated rings. The number of carbonyl (C=O) groups excluding carboxylic acids is 1. The fourth-order valence-corrected chi connectivity index (χ4v) is 2.66. The van der Waals surface area contributed by atoms with Gasteiger partial charge in [0.15, 0.2) is 5.78 Å². The average Bonchev–Trinajstić information content (AvgIpc) is 2.47. The Labute approximate surface area is 128 Å². The Hall–Kier alpha value is -1.89. The number of Topliss-reactive ketones (excluding diaryl/α,β-unsaturated/α-hetero) is 1. The summed E-state index contributed by atoms with van der Waals surface area (Å²) in [5, 5.41) is 0. The molecule has 0 radical (unpaired) electrons. The van der Waals surface area contributed by atoms with Gasteiger partial charge in [-0.25, -0.2) is 0 Å². The van der Waals surface area contributed by atoms with Gasteiger partial charge in [0.1, 0.15) is 0 Å². The number of ketones is 1. The fourth-order valence-electron chi connectivity index (χ4n) is 2.66. The van der Waals surface area contributed by atoms with Crippen molar-refractivity contribution in [3.8, 4) is 0 Å². The van der Waals surface area contributed by atoms with Crippen LogP contribution in [0, 0.1) is 5.92 Å². The van der Waals surface area contributed by atoms with Crippen LogP contribution < -0.4 is 0 Å². The van der Waals surface area contributed by atoms with Gasteiger partial charge in [-0.3, -0.25) is 4.79 Å². The van der Waals surface area contributed by atoms with Gasteiger partial charge in [-0.1, -0.05) is 62.4 Å². The molecule has 1 nitrogen and oxygen atoms in total. The first-order chi connectivity index (χ1) is 9.91. The number of carbonyl (C=O) groups is 1. The molecular formula is C20H24O. The third-order valence-corrected chi connectivity index (χ3v) is 3.90. The summed E-state index contributed by atoms with van der Waals surface area (Å²) in [7, 11) is 0. The minimum absolute atomic E-state index is 0.180. The van der Waals surface area contributed by atoms with Crippen LogP contribution in [0.15, 0.2) is 54.6 Å². The highest BCUT2D eigenvalue weighted by molar-refractivity contribution is 6.03. The van der Waals surface area contributed by atoms with E-state index in [9.17, 15) is 4.79 Å². The van der Waals surface area contributed by atoms with E-state index in [1.165, 1.54) is 5.56 Å². The summed E-state index contributed by atoms with van der Waals surface area (Å²) >= 11 is 0. The molecule has 0 aromatic heterocycles. The van der Waals surface area contributed by atoms with Crippen LogP contribution in [0.3, 0.4) is 0 Å². The topological polar surface area (TPSA) is 17.1 Å². The second-order valence-corrected chi connectivity index (χ2v) is 6.62. The molecule has 0 aliphatic rings. The normalized spacial score (nSPS) is 11.7. The molecule has 0 unspecified atom stereocenters. The van der Waals surface area contributed by atoms with E-state index in [1.807, 2.05) is 62.4 Å². The maximum atomic E-state index is 12.9. The molecule has 2 aromatic carbocycles. The standard InChI is InChI=1S/C20H24O/c1-15(2)13-16-9-8-10-17(14-16)19(21)20(3,4)18-11-6-5-7-12-18/h5-12,14-15H,13H2,1-4H3. The van der Waals surface area contributed by atoms with Crippen molar-refractivity contribution < 1.29 is 4.79 Å². The quantitative estimate of drug-likeness (QED) is 0.701. The molecule has 0 N–H and O–H groups in total. The molecule has 2 aromatic rings. The number of benzene rings is 2. The van der Waals surface area contributed by atoms with Gasteiger partial charge in [0, 0.05) is 5.56 Å². The molecule has 21 heavy (non-hydrogen) atoms. The van der Waals surface area contributed by atoms with E-state index in [0.29, 0.717) is 5.92 Å². The second-order valence-electron chi connectivity index (χ2n) is 6.62. The van der Waals surface area contributed by atoms with E-state index in [4.69, 9.17) is 0 Å². The van der Waals surface area contributed by atoms with Crippen LogP contribution in [0.25, 0.3) is 0 Å². The Kier molecular flexibility index (Phi) is 4.62. The number of hydrogen-bond acceptors (Lipinski definition) is 1. The molecule has 1 heteroatoms. The van der Waals surface area contributed by atoms with Crippen LogP contribution in [0.1, 0.15) is 49.2 Å². The average molecular weight is 280 g/mol. The van der Waals surface area contributed by atoms with Crippen LogP contribution >= 0.6 is 0 Å².